The van der Waals surface area contributed by atoms with Gasteiger partial charge in [0.2, 0.25) is 11.8 Å². The predicted octanol–water partition coefficient (Wildman–Crippen LogP) is 3.81. The fourth-order valence-electron chi connectivity index (χ4n) is 5.69. The molecule has 5 heterocycles. The Kier molecular flexibility index (Phi) is 6.65. The van der Waals surface area contributed by atoms with Gasteiger partial charge in [0.15, 0.2) is 5.78 Å². The molecule has 1 aliphatic heterocycles. The van der Waals surface area contributed by atoms with Crippen molar-refractivity contribution in [3.63, 3.8) is 0 Å². The van der Waals surface area contributed by atoms with Crippen LogP contribution >= 0.6 is 15.9 Å². The van der Waals surface area contributed by atoms with E-state index in [-0.39, 0.29) is 29.8 Å². The van der Waals surface area contributed by atoms with Crippen molar-refractivity contribution >= 4 is 50.2 Å². The average molecular weight is 628 g/mol. The van der Waals surface area contributed by atoms with Gasteiger partial charge in [0.05, 0.1) is 22.3 Å². The minimum absolute atomic E-state index is 0.189. The van der Waals surface area contributed by atoms with Crippen molar-refractivity contribution in [1.29, 1.82) is 0 Å². The second-order valence-corrected chi connectivity index (χ2v) is 11.8. The molecule has 6 rings (SSSR count). The molecule has 2 aliphatic rings. The van der Waals surface area contributed by atoms with E-state index in [0.29, 0.717) is 50.5 Å². The maximum Gasteiger partial charge on any atom is 0.248 e. The van der Waals surface area contributed by atoms with Crippen molar-refractivity contribution < 1.29 is 14.4 Å². The summed E-state index contributed by atoms with van der Waals surface area (Å²) in [5, 5.41) is 7.99. The van der Waals surface area contributed by atoms with Gasteiger partial charge in [-0.15, -0.1) is 0 Å². The number of likely N-dealkylation sites (tertiary alicyclic amines) is 1. The fraction of sp³-hybridized carbons (Fsp3) is 0.333. The number of aromatic nitrogens is 6. The Morgan fingerprint density at radius 2 is 1.86 bits per heavy atom. The van der Waals surface area contributed by atoms with Crippen LogP contribution in [-0.4, -0.2) is 64.3 Å². The number of carbonyl (C=O) groups is 3. The van der Waals surface area contributed by atoms with Crippen LogP contribution in [-0.2, 0) is 16.1 Å². The van der Waals surface area contributed by atoms with Gasteiger partial charge in [-0.2, -0.15) is 5.10 Å². The van der Waals surface area contributed by atoms with E-state index in [4.69, 9.17) is 4.98 Å². The van der Waals surface area contributed by atoms with Crippen molar-refractivity contribution in [2.75, 3.05) is 5.32 Å². The van der Waals surface area contributed by atoms with E-state index in [1.165, 1.54) is 11.6 Å². The van der Waals surface area contributed by atoms with Crippen LogP contribution in [0.4, 0.5) is 5.82 Å². The third-order valence-corrected chi connectivity index (χ3v) is 8.11. The largest absolute Gasteiger partial charge is 0.314 e. The molecular weight excluding hydrogens is 600 g/mol. The Bertz CT molecular complexity index is 1850. The minimum Gasteiger partial charge on any atom is -0.314 e. The zero-order chi connectivity index (χ0) is 29.9. The number of halogens is 1. The minimum atomic E-state index is -0.766. The van der Waals surface area contributed by atoms with E-state index in [1.54, 1.807) is 43.3 Å². The molecule has 4 aromatic heterocycles. The number of nitrogens with zero attached hydrogens (tertiary/aromatic N) is 7. The highest BCUT2D eigenvalue weighted by Gasteiger charge is 2.56. The van der Waals surface area contributed by atoms with E-state index in [2.05, 4.69) is 53.1 Å². The van der Waals surface area contributed by atoms with Crippen LogP contribution in [0.3, 0.4) is 0 Å². The van der Waals surface area contributed by atoms with Crippen molar-refractivity contribution in [2.45, 2.75) is 59.7 Å². The van der Waals surface area contributed by atoms with Gasteiger partial charge in [-0.3, -0.25) is 24.0 Å². The Hall–Kier alpha value is -4.50. The summed E-state index contributed by atoms with van der Waals surface area (Å²) < 4.78 is 2.10. The zero-order valence-corrected chi connectivity index (χ0v) is 25.3. The molecule has 11 nitrogen and oxygen atoms in total. The highest BCUT2D eigenvalue weighted by atomic mass is 79.9. The standard InChI is InChI=1S/C30H27BrN8O3/c1-15-8-24(31)35-25(9-15)36-29(42)22-11-30(5)7-6-23(30)39(22)26(41)14-38-28-16(2)34-21(19-12-32-18(4)33-13-19)10-20(28)27(37-38)17(3)40/h8-10,12-13,22-23H,11,14H2,1-5H3,(H,35,36,42)/t22-,23+,30+/m0/s1. The van der Waals surface area contributed by atoms with E-state index in [0.717, 1.165) is 5.56 Å². The number of aryl methyl sites for hydroxylation is 3. The fourth-order valence-corrected chi connectivity index (χ4v) is 6.24. The quantitative estimate of drug-likeness (QED) is 0.194. The Morgan fingerprint density at radius 3 is 2.50 bits per heavy atom. The monoisotopic (exact) mass is 626 g/mol. The molecule has 0 aromatic carbocycles. The molecule has 12 heteroatoms. The number of rotatable bonds is 6. The van der Waals surface area contributed by atoms with Gasteiger partial charge in [0, 0.05) is 30.3 Å². The van der Waals surface area contributed by atoms with Crippen molar-refractivity contribution in [3.8, 4) is 23.1 Å². The molecule has 1 saturated heterocycles. The van der Waals surface area contributed by atoms with Crippen LogP contribution in [0.1, 0.15) is 47.8 Å². The summed E-state index contributed by atoms with van der Waals surface area (Å²) in [6, 6.07) is 4.21. The van der Waals surface area contributed by atoms with E-state index in [9.17, 15) is 14.4 Å². The third-order valence-electron chi connectivity index (χ3n) is 7.71. The first kappa shape index (κ1) is 27.7. The van der Waals surface area contributed by atoms with Gasteiger partial charge in [-0.25, -0.2) is 15.0 Å². The topological polar surface area (TPSA) is 136 Å². The lowest BCUT2D eigenvalue weighted by atomic mass is 9.76. The molecule has 4 aromatic rings. The summed E-state index contributed by atoms with van der Waals surface area (Å²) in [7, 11) is 0. The second kappa shape index (κ2) is 10.1. The lowest BCUT2D eigenvalue weighted by molar-refractivity contribution is -0.138. The molecule has 0 radical (unpaired) electrons. The van der Waals surface area contributed by atoms with Crippen LogP contribution < -0.4 is 5.32 Å². The molecule has 212 valence electrons. The maximum atomic E-state index is 13.9. The zero-order valence-electron chi connectivity index (χ0n) is 23.7. The molecule has 0 spiro atoms. The van der Waals surface area contributed by atoms with E-state index < -0.39 is 17.5 Å². The van der Waals surface area contributed by atoms with Gasteiger partial charge < -0.3 is 10.2 Å². The summed E-state index contributed by atoms with van der Waals surface area (Å²) in [5.74, 6) is 6.34. The molecule has 0 saturated carbocycles. The van der Waals surface area contributed by atoms with Crippen LogP contribution in [0.2, 0.25) is 0 Å². The number of pyridine rings is 2. The van der Waals surface area contributed by atoms with Gasteiger partial charge in [-0.1, -0.05) is 11.8 Å². The Balaban J connectivity index is 1.33. The summed E-state index contributed by atoms with van der Waals surface area (Å²) >= 11 is 3.36. The van der Waals surface area contributed by atoms with Crippen LogP contribution in [0, 0.1) is 38.0 Å². The van der Waals surface area contributed by atoms with Gasteiger partial charge in [0.1, 0.15) is 40.6 Å². The lowest BCUT2D eigenvalue weighted by Crippen LogP contribution is -2.50. The smallest absolute Gasteiger partial charge is 0.248 e. The SMILES string of the molecule is CC(=O)c1nn(CC(=O)N2[C@H](C(=O)Nc3cc(C)cc(Br)n3)C[C@@]3(C)C#C[C@@H]23)c2c(C)nc(-c3cnc(C)nc3)cc12. The van der Waals surface area contributed by atoms with Gasteiger partial charge >= 0.3 is 0 Å². The number of ketones is 1. The van der Waals surface area contributed by atoms with Crippen LogP contribution in [0.15, 0.2) is 35.2 Å². The Morgan fingerprint density at radius 1 is 1.12 bits per heavy atom. The molecule has 1 fully saturated rings. The van der Waals surface area contributed by atoms with E-state index in [1.807, 2.05) is 19.9 Å². The molecular formula is C30H27BrN8O3. The molecule has 42 heavy (non-hydrogen) atoms. The number of nitrogens with one attached hydrogen (secondary N) is 1. The number of Topliss-reactive ketones (excluding diaryl/α,β-unsaturated/α-hetero) is 1. The molecule has 1 aliphatic carbocycles. The maximum absolute atomic E-state index is 13.9. The van der Waals surface area contributed by atoms with Crippen molar-refractivity contribution in [3.05, 3.63) is 58.0 Å². The molecule has 1 N–H and O–H groups in total. The van der Waals surface area contributed by atoms with Crippen LogP contribution in [0.5, 0.6) is 0 Å². The third kappa shape index (κ3) is 4.73. The van der Waals surface area contributed by atoms with Crippen molar-refractivity contribution in [1.82, 2.24) is 34.6 Å². The summed E-state index contributed by atoms with van der Waals surface area (Å²) in [6.07, 6.45) is 3.76. The molecule has 0 unspecified atom stereocenters. The number of hydrogen-bond acceptors (Lipinski definition) is 8. The average Bonchev–Trinajstić information content (AvgIpc) is 3.37. The number of hydrogen-bond donors (Lipinski definition) is 1. The summed E-state index contributed by atoms with van der Waals surface area (Å²) in [6.45, 7) is 8.72. The molecule has 0 bridgehead atoms. The molecule has 2 amide bonds. The lowest BCUT2D eigenvalue weighted by Gasteiger charge is -2.34. The first-order valence-corrected chi connectivity index (χ1v) is 14.2. The number of carbonyl (C=O) groups excluding carboxylic acids is 3. The first-order chi connectivity index (χ1) is 19.9. The number of fused-ring (bicyclic) bond motifs is 2. The first-order valence-electron chi connectivity index (χ1n) is 13.4. The second-order valence-electron chi connectivity index (χ2n) is 11.0. The van der Waals surface area contributed by atoms with Crippen LogP contribution in [0.25, 0.3) is 22.2 Å². The van der Waals surface area contributed by atoms with Crippen molar-refractivity contribution in [2.24, 2.45) is 5.41 Å². The summed E-state index contributed by atoms with van der Waals surface area (Å²) in [5.41, 5.74) is 3.14. The van der Waals surface area contributed by atoms with E-state index >= 15 is 0 Å². The summed E-state index contributed by atoms with van der Waals surface area (Å²) in [4.78, 5) is 59.2. The van der Waals surface area contributed by atoms with Gasteiger partial charge in [-0.05, 0) is 73.8 Å². The predicted molar refractivity (Wildman–Crippen MR) is 158 cm³/mol. The Labute approximate surface area is 250 Å². The highest BCUT2D eigenvalue weighted by molar-refractivity contribution is 9.10. The molecule has 3 atom stereocenters. The number of anilines is 1. The normalized spacial score (nSPS) is 20.5. The number of amides is 2. The highest BCUT2D eigenvalue weighted by Crippen LogP contribution is 2.45. The van der Waals surface area contributed by atoms with Gasteiger partial charge in [0.25, 0.3) is 0 Å².